The lowest BCUT2D eigenvalue weighted by molar-refractivity contribution is -0.123. The molecule has 0 rings (SSSR count). The van der Waals surface area contributed by atoms with Gasteiger partial charge in [0.25, 0.3) is 0 Å². The highest BCUT2D eigenvalue weighted by atomic mass is 32.2. The third-order valence-electron chi connectivity index (χ3n) is 2.18. The number of ether oxygens (including phenoxy) is 1. The second kappa shape index (κ2) is 7.92. The van der Waals surface area contributed by atoms with Gasteiger partial charge in [-0.3, -0.25) is 4.79 Å². The van der Waals surface area contributed by atoms with E-state index in [0.29, 0.717) is 5.75 Å². The highest BCUT2D eigenvalue weighted by Crippen LogP contribution is 2.14. The highest BCUT2D eigenvalue weighted by molar-refractivity contribution is 7.99. The van der Waals surface area contributed by atoms with E-state index in [1.807, 2.05) is 20.8 Å². The maximum Gasteiger partial charge on any atom is 0.238 e. The van der Waals surface area contributed by atoms with E-state index in [1.54, 1.807) is 18.9 Å². The Bertz CT molecular complexity index is 212. The number of primary amides is 1. The maximum atomic E-state index is 11.4. The van der Waals surface area contributed by atoms with Crippen LogP contribution in [0.1, 0.15) is 27.2 Å². The van der Waals surface area contributed by atoms with Crippen LogP contribution in [-0.4, -0.2) is 42.7 Å². The minimum atomic E-state index is -0.619. The first-order chi connectivity index (χ1) is 7.42. The lowest BCUT2D eigenvalue weighted by Gasteiger charge is -2.29. The first-order valence-corrected chi connectivity index (χ1v) is 6.72. The fraction of sp³-hybridized carbons (Fsp3) is 0.909. The largest absolute Gasteiger partial charge is 0.385 e. The van der Waals surface area contributed by atoms with Gasteiger partial charge in [0.2, 0.25) is 5.91 Å². The smallest absolute Gasteiger partial charge is 0.238 e. The number of rotatable bonds is 9. The van der Waals surface area contributed by atoms with Gasteiger partial charge < -0.3 is 15.8 Å². The van der Waals surface area contributed by atoms with Crippen LogP contribution >= 0.6 is 11.8 Å². The molecule has 1 amide bonds. The van der Waals surface area contributed by atoms with Gasteiger partial charge in [0.05, 0.1) is 0 Å². The molecule has 0 saturated heterocycles. The predicted molar refractivity (Wildman–Crippen MR) is 69.7 cm³/mol. The zero-order valence-corrected chi connectivity index (χ0v) is 11.5. The monoisotopic (exact) mass is 248 g/mol. The second-order valence-electron chi connectivity index (χ2n) is 4.39. The Hall–Kier alpha value is -0.260. The van der Waals surface area contributed by atoms with Crippen molar-refractivity contribution >= 4 is 17.7 Å². The Morgan fingerprint density at radius 1 is 1.56 bits per heavy atom. The Kier molecular flexibility index (Phi) is 7.80. The van der Waals surface area contributed by atoms with E-state index in [-0.39, 0.29) is 11.9 Å². The van der Waals surface area contributed by atoms with E-state index in [1.165, 1.54) is 0 Å². The minimum absolute atomic E-state index is 0.247. The van der Waals surface area contributed by atoms with Crippen molar-refractivity contribution in [1.29, 1.82) is 0 Å². The molecular weight excluding hydrogens is 224 g/mol. The molecule has 4 nitrogen and oxygen atoms in total. The van der Waals surface area contributed by atoms with E-state index in [9.17, 15) is 4.79 Å². The fourth-order valence-electron chi connectivity index (χ4n) is 1.40. The average Bonchev–Trinajstić information content (AvgIpc) is 2.16. The third-order valence-corrected chi connectivity index (χ3v) is 3.54. The van der Waals surface area contributed by atoms with Gasteiger partial charge in [-0.05, 0) is 32.9 Å². The van der Waals surface area contributed by atoms with Crippen molar-refractivity contribution < 1.29 is 9.53 Å². The van der Waals surface area contributed by atoms with Gasteiger partial charge in [0.1, 0.15) is 5.54 Å². The summed E-state index contributed by atoms with van der Waals surface area (Å²) in [6.07, 6.45) is 0.998. The lowest BCUT2D eigenvalue weighted by atomic mass is 10.0. The van der Waals surface area contributed by atoms with Crippen LogP contribution in [0.15, 0.2) is 0 Å². The molecule has 16 heavy (non-hydrogen) atoms. The summed E-state index contributed by atoms with van der Waals surface area (Å²) in [4.78, 5) is 11.4. The molecule has 1 atom stereocenters. The van der Waals surface area contributed by atoms with E-state index in [0.717, 1.165) is 18.8 Å². The van der Waals surface area contributed by atoms with Crippen molar-refractivity contribution in [2.75, 3.05) is 25.2 Å². The van der Waals surface area contributed by atoms with Crippen molar-refractivity contribution in [2.24, 2.45) is 5.73 Å². The van der Waals surface area contributed by atoms with E-state index >= 15 is 0 Å². The molecule has 96 valence electrons. The Balaban J connectivity index is 3.98. The molecule has 0 aliphatic carbocycles. The molecule has 0 bridgehead atoms. The van der Waals surface area contributed by atoms with Crippen LogP contribution in [0, 0.1) is 0 Å². The van der Waals surface area contributed by atoms with Gasteiger partial charge in [0, 0.05) is 25.5 Å². The summed E-state index contributed by atoms with van der Waals surface area (Å²) < 4.78 is 4.97. The lowest BCUT2D eigenvalue weighted by Crippen LogP contribution is -2.57. The van der Waals surface area contributed by atoms with E-state index < -0.39 is 5.54 Å². The second-order valence-corrected chi connectivity index (χ2v) is 5.50. The molecule has 0 aliphatic heterocycles. The summed E-state index contributed by atoms with van der Waals surface area (Å²) in [6.45, 7) is 6.64. The highest BCUT2D eigenvalue weighted by Gasteiger charge is 2.31. The molecule has 3 N–H and O–H groups in total. The van der Waals surface area contributed by atoms with Crippen molar-refractivity contribution in [3.63, 3.8) is 0 Å². The molecule has 0 radical (unpaired) electrons. The number of nitrogens with two attached hydrogens (primary N) is 1. The van der Waals surface area contributed by atoms with Gasteiger partial charge in [0.15, 0.2) is 0 Å². The molecule has 0 fully saturated rings. The van der Waals surface area contributed by atoms with Crippen LogP contribution in [0.5, 0.6) is 0 Å². The summed E-state index contributed by atoms with van der Waals surface area (Å²) >= 11 is 1.73. The summed E-state index contributed by atoms with van der Waals surface area (Å²) in [7, 11) is 1.69. The van der Waals surface area contributed by atoms with Gasteiger partial charge in [-0.15, -0.1) is 0 Å². The molecule has 5 heteroatoms. The number of thioether (sulfide) groups is 1. The van der Waals surface area contributed by atoms with Crippen molar-refractivity contribution in [3.8, 4) is 0 Å². The first kappa shape index (κ1) is 15.7. The van der Waals surface area contributed by atoms with Crippen LogP contribution in [0.3, 0.4) is 0 Å². The molecule has 0 heterocycles. The maximum absolute atomic E-state index is 11.4. The van der Waals surface area contributed by atoms with E-state index in [2.05, 4.69) is 5.32 Å². The average molecular weight is 248 g/mol. The fourth-order valence-corrected chi connectivity index (χ4v) is 2.50. The van der Waals surface area contributed by atoms with Gasteiger partial charge >= 0.3 is 0 Å². The predicted octanol–water partition coefficient (Wildman–Crippen LogP) is 0.998. The molecule has 0 aromatic heterocycles. The first-order valence-electron chi connectivity index (χ1n) is 5.56. The number of amides is 1. The SMILES string of the molecule is COCCCSCC(C)(NC(C)C)C(N)=O. The van der Waals surface area contributed by atoms with Crippen LogP contribution in [-0.2, 0) is 9.53 Å². The van der Waals surface area contributed by atoms with Gasteiger partial charge in [-0.1, -0.05) is 0 Å². The van der Waals surface area contributed by atoms with E-state index in [4.69, 9.17) is 10.5 Å². The zero-order valence-electron chi connectivity index (χ0n) is 10.7. The number of hydrogen-bond acceptors (Lipinski definition) is 4. The van der Waals surface area contributed by atoms with Gasteiger partial charge in [-0.2, -0.15) is 11.8 Å². The minimum Gasteiger partial charge on any atom is -0.385 e. The number of hydrogen-bond donors (Lipinski definition) is 2. The number of carbonyl (C=O) groups is 1. The zero-order chi connectivity index (χ0) is 12.6. The summed E-state index contributed by atoms with van der Waals surface area (Å²) in [5.74, 6) is 1.39. The van der Waals surface area contributed by atoms with Crippen molar-refractivity contribution in [1.82, 2.24) is 5.32 Å². The van der Waals surface area contributed by atoms with Crippen LogP contribution in [0.25, 0.3) is 0 Å². The summed E-state index contributed by atoms with van der Waals surface area (Å²) in [5.41, 5.74) is 4.80. The number of carbonyl (C=O) groups excluding carboxylic acids is 1. The molecular formula is C11H24N2O2S. The standard InChI is InChI=1S/C11H24N2O2S/c1-9(2)13-11(3,10(12)14)8-16-7-5-6-15-4/h9,13H,5-8H2,1-4H3,(H2,12,14). The third kappa shape index (κ3) is 6.35. The Morgan fingerprint density at radius 2 is 2.19 bits per heavy atom. The van der Waals surface area contributed by atoms with Crippen LogP contribution < -0.4 is 11.1 Å². The van der Waals surface area contributed by atoms with Crippen LogP contribution in [0.4, 0.5) is 0 Å². The molecule has 0 spiro atoms. The van der Waals surface area contributed by atoms with Gasteiger partial charge in [-0.25, -0.2) is 0 Å². The molecule has 0 saturated carbocycles. The number of nitrogens with one attached hydrogen (secondary N) is 1. The van der Waals surface area contributed by atoms with Crippen molar-refractivity contribution in [3.05, 3.63) is 0 Å². The molecule has 0 aromatic carbocycles. The molecule has 1 unspecified atom stereocenters. The molecule has 0 aliphatic rings. The summed E-state index contributed by atoms with van der Waals surface area (Å²) in [5, 5.41) is 3.22. The number of methoxy groups -OCH3 is 1. The van der Waals surface area contributed by atoms with Crippen LogP contribution in [0.2, 0.25) is 0 Å². The topological polar surface area (TPSA) is 64.3 Å². The Morgan fingerprint density at radius 3 is 2.62 bits per heavy atom. The summed E-state index contributed by atoms with van der Waals surface area (Å²) in [6, 6.07) is 0.247. The quantitative estimate of drug-likeness (QED) is 0.598. The van der Waals surface area contributed by atoms with Crippen molar-refractivity contribution in [2.45, 2.75) is 38.8 Å². The molecule has 0 aromatic rings. The Labute approximate surface area is 103 Å². The normalized spacial score (nSPS) is 15.1.